The van der Waals surface area contributed by atoms with E-state index >= 15 is 0 Å². The molecular formula is C10H8N2O. The van der Waals surface area contributed by atoms with Crippen LogP contribution >= 0.6 is 0 Å². The Balaban J connectivity index is 2.60. The highest BCUT2D eigenvalue weighted by atomic mass is 16.1. The topological polar surface area (TPSA) is 45.8 Å². The molecule has 2 aromatic rings. The minimum absolute atomic E-state index is 0.759. The van der Waals surface area contributed by atoms with Gasteiger partial charge in [0.25, 0.3) is 0 Å². The van der Waals surface area contributed by atoms with Crippen molar-refractivity contribution in [3.63, 3.8) is 0 Å². The normalized spacial score (nSPS) is 11.1. The van der Waals surface area contributed by atoms with Gasteiger partial charge in [-0.25, -0.2) is 0 Å². The van der Waals surface area contributed by atoms with Gasteiger partial charge in [-0.15, -0.1) is 0 Å². The molecule has 1 heterocycles. The van der Waals surface area contributed by atoms with Crippen molar-refractivity contribution in [2.24, 2.45) is 0 Å². The second-order valence-electron chi connectivity index (χ2n) is 2.68. The molecule has 0 bridgehead atoms. The maximum absolute atomic E-state index is 10.1. The summed E-state index contributed by atoms with van der Waals surface area (Å²) in [6.07, 6.45) is 5.74. The monoisotopic (exact) mass is 172 g/mol. The molecule has 3 heteroatoms. The second kappa shape index (κ2) is 3.23. The number of allylic oxidation sites excluding steroid dienone is 1. The van der Waals surface area contributed by atoms with Gasteiger partial charge in [-0.05, 0) is 12.2 Å². The molecule has 0 unspecified atom stereocenters. The summed E-state index contributed by atoms with van der Waals surface area (Å²) in [5.74, 6) is 0. The fraction of sp³-hybridized carbons (Fsp3) is 0. The zero-order valence-corrected chi connectivity index (χ0v) is 6.90. The Kier molecular flexibility index (Phi) is 1.92. The van der Waals surface area contributed by atoms with E-state index in [-0.39, 0.29) is 0 Å². The largest absolute Gasteiger partial charge is 0.299 e. The van der Waals surface area contributed by atoms with Crippen LogP contribution in [0, 0.1) is 0 Å². The summed E-state index contributed by atoms with van der Waals surface area (Å²) in [4.78, 5) is 10.1. The number of fused-ring (bicyclic) bond motifs is 1. The van der Waals surface area contributed by atoms with Crippen LogP contribution < -0.4 is 0 Å². The van der Waals surface area contributed by atoms with E-state index in [1.807, 2.05) is 18.2 Å². The number of nitrogens with zero attached hydrogens (tertiary/aromatic N) is 1. The zero-order chi connectivity index (χ0) is 9.10. The highest BCUT2D eigenvalue weighted by molar-refractivity contribution is 5.88. The van der Waals surface area contributed by atoms with E-state index in [0.29, 0.717) is 0 Å². The standard InChI is InChI=1S/C10H8N2O/c13-6-2-5-8-3-1-4-9-7-11-12-10(8)9/h1-7H,(H,11,12). The highest BCUT2D eigenvalue weighted by Crippen LogP contribution is 2.16. The average Bonchev–Trinajstić information content (AvgIpc) is 2.62. The van der Waals surface area contributed by atoms with E-state index in [9.17, 15) is 4.79 Å². The molecule has 0 saturated heterocycles. The number of aromatic nitrogens is 2. The van der Waals surface area contributed by atoms with Crippen molar-refractivity contribution in [1.82, 2.24) is 10.2 Å². The summed E-state index contributed by atoms with van der Waals surface area (Å²) in [6.45, 7) is 0. The molecule has 2 rings (SSSR count). The Bertz CT molecular complexity index is 457. The number of benzene rings is 1. The molecule has 0 aliphatic carbocycles. The Hall–Kier alpha value is -1.90. The fourth-order valence-electron chi connectivity index (χ4n) is 1.27. The number of hydrogen-bond donors (Lipinski definition) is 1. The third-order valence-electron chi connectivity index (χ3n) is 1.86. The summed E-state index contributed by atoms with van der Waals surface area (Å²) in [5, 5.41) is 7.85. The minimum Gasteiger partial charge on any atom is -0.299 e. The Morgan fingerprint density at radius 2 is 2.31 bits per heavy atom. The van der Waals surface area contributed by atoms with Gasteiger partial charge in [0.2, 0.25) is 0 Å². The van der Waals surface area contributed by atoms with Gasteiger partial charge in [0.15, 0.2) is 0 Å². The average molecular weight is 172 g/mol. The zero-order valence-electron chi connectivity index (χ0n) is 6.90. The van der Waals surface area contributed by atoms with E-state index in [1.54, 1.807) is 12.3 Å². The number of aldehydes is 1. The number of para-hydroxylation sites is 1. The van der Waals surface area contributed by atoms with Crippen LogP contribution in [0.2, 0.25) is 0 Å². The number of carbonyl (C=O) groups excluding carboxylic acids is 1. The van der Waals surface area contributed by atoms with Gasteiger partial charge in [0.1, 0.15) is 6.29 Å². The molecule has 64 valence electrons. The first-order valence-corrected chi connectivity index (χ1v) is 3.96. The van der Waals surface area contributed by atoms with Crippen LogP contribution in [-0.2, 0) is 4.79 Å². The summed E-state index contributed by atoms with van der Waals surface area (Å²) in [6, 6.07) is 5.83. The summed E-state index contributed by atoms with van der Waals surface area (Å²) in [7, 11) is 0. The predicted molar refractivity (Wildman–Crippen MR) is 51.2 cm³/mol. The lowest BCUT2D eigenvalue weighted by Crippen LogP contribution is -1.76. The quantitative estimate of drug-likeness (QED) is 0.554. The molecule has 0 aliphatic rings. The SMILES string of the molecule is O=CC=Cc1cccc2cn[nH]c12. The van der Waals surface area contributed by atoms with Crippen molar-refractivity contribution in [3.05, 3.63) is 36.0 Å². The van der Waals surface area contributed by atoms with Crippen LogP contribution in [0.5, 0.6) is 0 Å². The summed E-state index contributed by atoms with van der Waals surface area (Å²) in [5.41, 5.74) is 1.93. The van der Waals surface area contributed by atoms with Gasteiger partial charge in [0, 0.05) is 10.9 Å². The molecule has 1 N–H and O–H groups in total. The number of H-pyrrole nitrogens is 1. The molecule has 0 saturated carbocycles. The lowest BCUT2D eigenvalue weighted by molar-refractivity contribution is -0.104. The molecule has 0 fully saturated rings. The maximum atomic E-state index is 10.1. The van der Waals surface area contributed by atoms with Crippen molar-refractivity contribution in [3.8, 4) is 0 Å². The first-order valence-electron chi connectivity index (χ1n) is 3.96. The number of hydrogen-bond acceptors (Lipinski definition) is 2. The molecule has 0 aliphatic heterocycles. The Morgan fingerprint density at radius 1 is 1.38 bits per heavy atom. The Morgan fingerprint density at radius 3 is 3.15 bits per heavy atom. The van der Waals surface area contributed by atoms with Gasteiger partial charge in [-0.1, -0.05) is 18.2 Å². The van der Waals surface area contributed by atoms with Gasteiger partial charge < -0.3 is 0 Å². The van der Waals surface area contributed by atoms with Gasteiger partial charge >= 0.3 is 0 Å². The van der Waals surface area contributed by atoms with Gasteiger partial charge in [0.05, 0.1) is 11.7 Å². The summed E-state index contributed by atoms with van der Waals surface area (Å²) >= 11 is 0. The van der Waals surface area contributed by atoms with E-state index in [0.717, 1.165) is 22.8 Å². The molecule has 13 heavy (non-hydrogen) atoms. The van der Waals surface area contributed by atoms with Crippen LogP contribution in [0.25, 0.3) is 17.0 Å². The summed E-state index contributed by atoms with van der Waals surface area (Å²) < 4.78 is 0. The number of nitrogens with one attached hydrogen (secondary N) is 1. The van der Waals surface area contributed by atoms with E-state index in [2.05, 4.69) is 10.2 Å². The predicted octanol–water partition coefficient (Wildman–Crippen LogP) is 1.77. The van der Waals surface area contributed by atoms with Crippen LogP contribution in [0.4, 0.5) is 0 Å². The highest BCUT2D eigenvalue weighted by Gasteiger charge is 1.97. The van der Waals surface area contributed by atoms with E-state index in [4.69, 9.17) is 0 Å². The van der Waals surface area contributed by atoms with Gasteiger partial charge in [-0.3, -0.25) is 9.89 Å². The second-order valence-corrected chi connectivity index (χ2v) is 2.68. The number of rotatable bonds is 2. The third kappa shape index (κ3) is 1.36. The molecular weight excluding hydrogens is 164 g/mol. The molecule has 1 aromatic carbocycles. The molecule has 0 amide bonds. The maximum Gasteiger partial charge on any atom is 0.142 e. The van der Waals surface area contributed by atoms with Crippen molar-refractivity contribution >= 4 is 23.3 Å². The van der Waals surface area contributed by atoms with Crippen LogP contribution in [-0.4, -0.2) is 16.5 Å². The third-order valence-corrected chi connectivity index (χ3v) is 1.86. The van der Waals surface area contributed by atoms with Crippen molar-refractivity contribution in [2.75, 3.05) is 0 Å². The Labute approximate surface area is 75.1 Å². The van der Waals surface area contributed by atoms with Crippen LogP contribution in [0.1, 0.15) is 5.56 Å². The minimum atomic E-state index is 0.759. The smallest absolute Gasteiger partial charge is 0.142 e. The van der Waals surface area contributed by atoms with Crippen molar-refractivity contribution in [2.45, 2.75) is 0 Å². The molecule has 1 aromatic heterocycles. The molecule has 0 atom stereocenters. The van der Waals surface area contributed by atoms with Crippen molar-refractivity contribution in [1.29, 1.82) is 0 Å². The van der Waals surface area contributed by atoms with Crippen LogP contribution in [0.3, 0.4) is 0 Å². The van der Waals surface area contributed by atoms with Crippen LogP contribution in [0.15, 0.2) is 30.5 Å². The van der Waals surface area contributed by atoms with E-state index < -0.39 is 0 Å². The molecule has 3 nitrogen and oxygen atoms in total. The molecule has 0 spiro atoms. The first-order chi connectivity index (χ1) is 6.42. The number of aromatic amines is 1. The number of carbonyl (C=O) groups is 1. The first kappa shape index (κ1) is 7.73. The fourth-order valence-corrected chi connectivity index (χ4v) is 1.27. The lowest BCUT2D eigenvalue weighted by Gasteiger charge is -1.93. The van der Waals surface area contributed by atoms with Gasteiger partial charge in [-0.2, -0.15) is 5.10 Å². The van der Waals surface area contributed by atoms with Crippen molar-refractivity contribution < 1.29 is 4.79 Å². The lowest BCUT2D eigenvalue weighted by atomic mass is 10.1. The molecule has 0 radical (unpaired) electrons. The van der Waals surface area contributed by atoms with E-state index in [1.165, 1.54) is 6.08 Å².